The lowest BCUT2D eigenvalue weighted by Crippen LogP contribution is -2.00. The molecular formula is C18H14ClN3O2S. The van der Waals surface area contributed by atoms with Crippen LogP contribution in [-0.2, 0) is 4.74 Å². The van der Waals surface area contributed by atoms with E-state index >= 15 is 0 Å². The van der Waals surface area contributed by atoms with E-state index in [0.717, 1.165) is 16.8 Å². The molecule has 3 rings (SSSR count). The summed E-state index contributed by atoms with van der Waals surface area (Å²) in [5, 5.41) is 7.50. The maximum Gasteiger partial charge on any atom is 0.337 e. The van der Waals surface area contributed by atoms with Gasteiger partial charge in [-0.1, -0.05) is 35.9 Å². The van der Waals surface area contributed by atoms with Gasteiger partial charge in [-0.15, -0.1) is 11.3 Å². The Kier molecular flexibility index (Phi) is 5.42. The molecule has 3 aromatic rings. The van der Waals surface area contributed by atoms with Gasteiger partial charge in [0.15, 0.2) is 0 Å². The van der Waals surface area contributed by atoms with Crippen molar-refractivity contribution in [2.45, 2.75) is 0 Å². The molecule has 0 atom stereocenters. The highest BCUT2D eigenvalue weighted by Gasteiger charge is 2.05. The molecule has 0 bridgehead atoms. The first-order chi connectivity index (χ1) is 12.2. The lowest BCUT2D eigenvalue weighted by Gasteiger charge is -1.99. The van der Waals surface area contributed by atoms with Crippen LogP contribution >= 0.6 is 22.9 Å². The number of esters is 1. The standard InChI is InChI=1S/C18H14ClN3O2S/c1-24-17(23)14-4-2-12(3-5-14)10-20-22-18-21-16(11-25-18)13-6-8-15(19)9-7-13/h2-11H,1H3,(H,21,22). The van der Waals surface area contributed by atoms with Crippen LogP contribution in [0.1, 0.15) is 15.9 Å². The van der Waals surface area contributed by atoms with E-state index in [0.29, 0.717) is 15.7 Å². The highest BCUT2D eigenvalue weighted by atomic mass is 35.5. The average molecular weight is 372 g/mol. The molecular weight excluding hydrogens is 358 g/mol. The van der Waals surface area contributed by atoms with E-state index in [4.69, 9.17) is 11.6 Å². The predicted molar refractivity (Wildman–Crippen MR) is 102 cm³/mol. The first-order valence-corrected chi connectivity index (χ1v) is 8.60. The van der Waals surface area contributed by atoms with Gasteiger partial charge in [0.05, 0.1) is 24.6 Å². The van der Waals surface area contributed by atoms with Crippen molar-refractivity contribution in [3.05, 3.63) is 70.1 Å². The molecule has 0 aliphatic heterocycles. The Labute approximate surface area is 153 Å². The Morgan fingerprint density at radius 1 is 1.20 bits per heavy atom. The van der Waals surface area contributed by atoms with Gasteiger partial charge in [0.2, 0.25) is 5.13 Å². The summed E-state index contributed by atoms with van der Waals surface area (Å²) in [6.45, 7) is 0. The Hall–Kier alpha value is -2.70. The Morgan fingerprint density at radius 2 is 1.92 bits per heavy atom. The van der Waals surface area contributed by atoms with Gasteiger partial charge in [0.25, 0.3) is 0 Å². The number of hydrogen-bond acceptors (Lipinski definition) is 6. The zero-order valence-electron chi connectivity index (χ0n) is 13.3. The molecule has 0 fully saturated rings. The highest BCUT2D eigenvalue weighted by molar-refractivity contribution is 7.14. The minimum atomic E-state index is -0.362. The molecule has 5 nitrogen and oxygen atoms in total. The second kappa shape index (κ2) is 7.92. The first-order valence-electron chi connectivity index (χ1n) is 7.34. The molecule has 0 unspecified atom stereocenters. The van der Waals surface area contributed by atoms with Crippen molar-refractivity contribution in [2.24, 2.45) is 5.10 Å². The summed E-state index contributed by atoms with van der Waals surface area (Å²) in [4.78, 5) is 15.9. The van der Waals surface area contributed by atoms with Crippen molar-refractivity contribution in [3.63, 3.8) is 0 Å². The summed E-state index contributed by atoms with van der Waals surface area (Å²) in [7, 11) is 1.36. The molecule has 1 aromatic heterocycles. The van der Waals surface area contributed by atoms with Gasteiger partial charge in [0, 0.05) is 16.0 Å². The fourth-order valence-corrected chi connectivity index (χ4v) is 2.86. The minimum Gasteiger partial charge on any atom is -0.465 e. The summed E-state index contributed by atoms with van der Waals surface area (Å²) in [6, 6.07) is 14.5. The van der Waals surface area contributed by atoms with Crippen LogP contribution in [0.2, 0.25) is 5.02 Å². The highest BCUT2D eigenvalue weighted by Crippen LogP contribution is 2.25. The quantitative estimate of drug-likeness (QED) is 0.401. The maximum atomic E-state index is 11.4. The molecule has 1 heterocycles. The smallest absolute Gasteiger partial charge is 0.337 e. The number of ether oxygens (including phenoxy) is 1. The number of thiazole rings is 1. The van der Waals surface area contributed by atoms with E-state index in [1.807, 2.05) is 29.6 Å². The number of carbonyl (C=O) groups is 1. The van der Waals surface area contributed by atoms with E-state index < -0.39 is 0 Å². The van der Waals surface area contributed by atoms with Gasteiger partial charge in [-0.3, -0.25) is 5.43 Å². The predicted octanol–water partition coefficient (Wildman–Crippen LogP) is 4.70. The normalized spacial score (nSPS) is 10.8. The van der Waals surface area contributed by atoms with E-state index in [1.165, 1.54) is 18.4 Å². The Bertz CT molecular complexity index is 889. The molecule has 2 aromatic carbocycles. The van der Waals surface area contributed by atoms with E-state index in [-0.39, 0.29) is 5.97 Å². The number of hydrogen-bond donors (Lipinski definition) is 1. The van der Waals surface area contributed by atoms with Gasteiger partial charge < -0.3 is 4.74 Å². The largest absolute Gasteiger partial charge is 0.465 e. The fourth-order valence-electron chi connectivity index (χ4n) is 2.06. The van der Waals surface area contributed by atoms with E-state index in [2.05, 4.69) is 20.2 Å². The average Bonchev–Trinajstić information content (AvgIpc) is 3.11. The zero-order valence-corrected chi connectivity index (χ0v) is 14.8. The third kappa shape index (κ3) is 4.43. The number of methoxy groups -OCH3 is 1. The molecule has 0 saturated heterocycles. The van der Waals surface area contributed by atoms with Gasteiger partial charge in [0.1, 0.15) is 0 Å². The third-order valence-corrected chi connectivity index (χ3v) is 4.35. The number of carbonyl (C=O) groups excluding carboxylic acids is 1. The van der Waals surface area contributed by atoms with Crippen LogP contribution in [0, 0.1) is 0 Å². The first kappa shape index (κ1) is 17.1. The molecule has 0 aliphatic rings. The number of nitrogens with zero attached hydrogens (tertiary/aromatic N) is 2. The second-order valence-electron chi connectivity index (χ2n) is 5.03. The monoisotopic (exact) mass is 371 g/mol. The molecule has 25 heavy (non-hydrogen) atoms. The van der Waals surface area contributed by atoms with Gasteiger partial charge in [-0.2, -0.15) is 5.10 Å². The van der Waals surface area contributed by atoms with Crippen molar-refractivity contribution in [2.75, 3.05) is 12.5 Å². The van der Waals surface area contributed by atoms with Gasteiger partial charge >= 0.3 is 5.97 Å². The SMILES string of the molecule is COC(=O)c1ccc(C=NNc2nc(-c3ccc(Cl)cc3)cs2)cc1. The zero-order chi connectivity index (χ0) is 17.6. The van der Waals surface area contributed by atoms with Crippen molar-refractivity contribution in [1.29, 1.82) is 0 Å². The number of hydrazone groups is 1. The van der Waals surface area contributed by atoms with Crippen molar-refractivity contribution in [1.82, 2.24) is 4.98 Å². The van der Waals surface area contributed by atoms with Crippen LogP contribution in [0.4, 0.5) is 5.13 Å². The van der Waals surface area contributed by atoms with Crippen LogP contribution in [0.15, 0.2) is 59.0 Å². The van der Waals surface area contributed by atoms with Crippen molar-refractivity contribution in [3.8, 4) is 11.3 Å². The van der Waals surface area contributed by atoms with E-state index in [9.17, 15) is 4.79 Å². The lowest BCUT2D eigenvalue weighted by atomic mass is 10.1. The molecule has 0 amide bonds. The van der Waals surface area contributed by atoms with Crippen LogP contribution < -0.4 is 5.43 Å². The molecule has 1 N–H and O–H groups in total. The van der Waals surface area contributed by atoms with Crippen LogP contribution in [0.5, 0.6) is 0 Å². The number of aromatic nitrogens is 1. The number of halogens is 1. The summed E-state index contributed by atoms with van der Waals surface area (Å²) in [5.41, 5.74) is 6.12. The fraction of sp³-hybridized carbons (Fsp3) is 0.0556. The molecule has 0 saturated carbocycles. The van der Waals surface area contributed by atoms with Crippen LogP contribution in [0.25, 0.3) is 11.3 Å². The molecule has 0 aliphatic carbocycles. The third-order valence-electron chi connectivity index (χ3n) is 3.35. The van der Waals surface area contributed by atoms with Gasteiger partial charge in [-0.25, -0.2) is 9.78 Å². The lowest BCUT2D eigenvalue weighted by molar-refractivity contribution is 0.0600. The molecule has 7 heteroatoms. The molecule has 0 radical (unpaired) electrons. The summed E-state index contributed by atoms with van der Waals surface area (Å²) in [5.74, 6) is -0.362. The summed E-state index contributed by atoms with van der Waals surface area (Å²) < 4.78 is 4.66. The number of anilines is 1. The summed E-state index contributed by atoms with van der Waals surface area (Å²) in [6.07, 6.45) is 1.66. The Balaban J connectivity index is 1.63. The topological polar surface area (TPSA) is 63.6 Å². The summed E-state index contributed by atoms with van der Waals surface area (Å²) >= 11 is 7.35. The van der Waals surface area contributed by atoms with Gasteiger partial charge in [-0.05, 0) is 29.8 Å². The van der Waals surface area contributed by atoms with Crippen molar-refractivity contribution >= 4 is 40.3 Å². The number of benzene rings is 2. The Morgan fingerprint density at radius 3 is 2.60 bits per heavy atom. The van der Waals surface area contributed by atoms with E-state index in [1.54, 1.807) is 30.5 Å². The molecule has 126 valence electrons. The maximum absolute atomic E-state index is 11.4. The number of rotatable bonds is 5. The van der Waals surface area contributed by atoms with Crippen LogP contribution in [-0.4, -0.2) is 24.3 Å². The van der Waals surface area contributed by atoms with Crippen LogP contribution in [0.3, 0.4) is 0 Å². The minimum absolute atomic E-state index is 0.362. The van der Waals surface area contributed by atoms with Crippen molar-refractivity contribution < 1.29 is 9.53 Å². The number of nitrogens with one attached hydrogen (secondary N) is 1. The second-order valence-corrected chi connectivity index (χ2v) is 6.32. The molecule has 0 spiro atoms.